The Balaban J connectivity index is 1.65. The molecule has 0 saturated heterocycles. The molecular weight excluding hydrogens is 355 g/mol. The van der Waals surface area contributed by atoms with Crippen molar-refractivity contribution in [2.75, 3.05) is 5.32 Å². The van der Waals surface area contributed by atoms with E-state index in [0.29, 0.717) is 11.5 Å². The number of hydrogen-bond donors (Lipinski definition) is 2. The molecular formula is C19H16ClFN4O. The molecule has 3 aromatic rings. The second-order valence-corrected chi connectivity index (χ2v) is 6.07. The number of anilines is 2. The molecule has 7 heteroatoms. The van der Waals surface area contributed by atoms with E-state index in [-0.39, 0.29) is 22.7 Å². The first-order valence-electron chi connectivity index (χ1n) is 7.94. The lowest BCUT2D eigenvalue weighted by molar-refractivity contribution is 0.0934. The van der Waals surface area contributed by atoms with Crippen molar-refractivity contribution in [2.45, 2.75) is 13.0 Å². The van der Waals surface area contributed by atoms with Crippen LogP contribution >= 0.6 is 11.6 Å². The van der Waals surface area contributed by atoms with Crippen molar-refractivity contribution in [1.29, 1.82) is 0 Å². The van der Waals surface area contributed by atoms with Gasteiger partial charge < -0.3 is 10.6 Å². The molecule has 0 aliphatic rings. The summed E-state index contributed by atoms with van der Waals surface area (Å²) >= 11 is 5.74. The predicted molar refractivity (Wildman–Crippen MR) is 99.0 cm³/mol. The maximum atomic E-state index is 13.2. The lowest BCUT2D eigenvalue weighted by Gasteiger charge is -2.13. The fourth-order valence-corrected chi connectivity index (χ4v) is 2.52. The molecule has 0 spiro atoms. The molecule has 1 amide bonds. The summed E-state index contributed by atoms with van der Waals surface area (Å²) in [5.41, 5.74) is 1.77. The van der Waals surface area contributed by atoms with Crippen molar-refractivity contribution in [3.8, 4) is 0 Å². The number of benzene rings is 2. The van der Waals surface area contributed by atoms with E-state index in [1.54, 1.807) is 12.1 Å². The quantitative estimate of drug-likeness (QED) is 0.693. The van der Waals surface area contributed by atoms with Crippen molar-refractivity contribution in [2.24, 2.45) is 0 Å². The Hall–Kier alpha value is -2.99. The minimum Gasteiger partial charge on any atom is -0.344 e. The van der Waals surface area contributed by atoms with Gasteiger partial charge in [-0.05, 0) is 42.8 Å². The molecule has 2 aromatic carbocycles. The van der Waals surface area contributed by atoms with Crippen molar-refractivity contribution in [3.63, 3.8) is 0 Å². The van der Waals surface area contributed by atoms with E-state index in [1.807, 2.05) is 37.3 Å². The molecule has 1 aromatic heterocycles. The maximum Gasteiger partial charge on any atom is 0.272 e. The van der Waals surface area contributed by atoms with Crippen LogP contribution in [0.4, 0.5) is 15.9 Å². The van der Waals surface area contributed by atoms with Gasteiger partial charge in [0.1, 0.15) is 5.82 Å². The largest absolute Gasteiger partial charge is 0.344 e. The highest BCUT2D eigenvalue weighted by molar-refractivity contribution is 6.31. The van der Waals surface area contributed by atoms with E-state index in [1.165, 1.54) is 18.2 Å². The third-order valence-electron chi connectivity index (χ3n) is 3.74. The van der Waals surface area contributed by atoms with Gasteiger partial charge in [-0.15, -0.1) is 10.2 Å². The number of carbonyl (C=O) groups excluding carboxylic acids is 1. The molecule has 26 heavy (non-hydrogen) atoms. The summed E-state index contributed by atoms with van der Waals surface area (Å²) < 4.78 is 13.2. The second-order valence-electron chi connectivity index (χ2n) is 5.66. The molecule has 1 atom stereocenters. The minimum absolute atomic E-state index is 0.00820. The van der Waals surface area contributed by atoms with Gasteiger partial charge >= 0.3 is 0 Å². The zero-order valence-electron chi connectivity index (χ0n) is 13.9. The highest BCUT2D eigenvalue weighted by Crippen LogP contribution is 2.21. The molecule has 0 aliphatic heterocycles. The number of halogens is 2. The normalized spacial score (nSPS) is 11.7. The summed E-state index contributed by atoms with van der Waals surface area (Å²) in [7, 11) is 0. The smallest absolute Gasteiger partial charge is 0.272 e. The van der Waals surface area contributed by atoms with Gasteiger partial charge in [-0.2, -0.15) is 0 Å². The fraction of sp³-hybridized carbons (Fsp3) is 0.105. The van der Waals surface area contributed by atoms with Gasteiger partial charge in [-0.25, -0.2) is 4.39 Å². The van der Waals surface area contributed by atoms with Gasteiger partial charge in [0.05, 0.1) is 11.1 Å². The van der Waals surface area contributed by atoms with Crippen molar-refractivity contribution in [3.05, 3.63) is 82.8 Å². The average Bonchev–Trinajstić information content (AvgIpc) is 2.66. The second kappa shape index (κ2) is 7.93. The number of hydrogen-bond acceptors (Lipinski definition) is 4. The van der Waals surface area contributed by atoms with Crippen LogP contribution in [0, 0.1) is 5.82 Å². The molecule has 2 N–H and O–H groups in total. The third-order valence-corrected chi connectivity index (χ3v) is 4.03. The van der Waals surface area contributed by atoms with Crippen molar-refractivity contribution < 1.29 is 9.18 Å². The summed E-state index contributed by atoms with van der Waals surface area (Å²) in [6.45, 7) is 1.90. The monoisotopic (exact) mass is 370 g/mol. The first-order valence-corrected chi connectivity index (χ1v) is 8.32. The van der Waals surface area contributed by atoms with Gasteiger partial charge in [0, 0.05) is 5.69 Å². The summed E-state index contributed by atoms with van der Waals surface area (Å²) in [5, 5.41) is 13.7. The van der Waals surface area contributed by atoms with E-state index >= 15 is 0 Å². The number of rotatable bonds is 5. The predicted octanol–water partition coefficient (Wildman–Crippen LogP) is 4.50. The Morgan fingerprint density at radius 1 is 1.08 bits per heavy atom. The highest BCUT2D eigenvalue weighted by atomic mass is 35.5. The number of carbonyl (C=O) groups is 1. The van der Waals surface area contributed by atoms with Crippen LogP contribution in [0.2, 0.25) is 5.02 Å². The number of nitrogens with one attached hydrogen (secondary N) is 2. The lowest BCUT2D eigenvalue weighted by atomic mass is 10.1. The van der Waals surface area contributed by atoms with Crippen molar-refractivity contribution in [1.82, 2.24) is 15.5 Å². The standard InChI is InChI=1S/C19H16ClFN4O/c1-12(13-5-3-2-4-6-13)22-19(26)17-9-10-18(25-24-17)23-14-7-8-16(21)15(20)11-14/h2-12H,1H3,(H,22,26)(H,23,25). The van der Waals surface area contributed by atoms with E-state index in [2.05, 4.69) is 20.8 Å². The van der Waals surface area contributed by atoms with Crippen LogP contribution in [0.5, 0.6) is 0 Å². The number of aromatic nitrogens is 2. The fourth-order valence-electron chi connectivity index (χ4n) is 2.34. The summed E-state index contributed by atoms with van der Waals surface area (Å²) in [6, 6.07) is 16.9. The Morgan fingerprint density at radius 3 is 2.50 bits per heavy atom. The highest BCUT2D eigenvalue weighted by Gasteiger charge is 2.13. The molecule has 0 saturated carbocycles. The van der Waals surface area contributed by atoms with Gasteiger partial charge in [0.2, 0.25) is 0 Å². The maximum absolute atomic E-state index is 13.2. The first kappa shape index (κ1) is 17.8. The van der Waals surface area contributed by atoms with Gasteiger partial charge in [-0.1, -0.05) is 41.9 Å². The molecule has 0 aliphatic carbocycles. The van der Waals surface area contributed by atoms with E-state index < -0.39 is 5.82 Å². The molecule has 1 heterocycles. The number of amides is 1. The van der Waals surface area contributed by atoms with E-state index in [4.69, 9.17) is 11.6 Å². The molecule has 0 bridgehead atoms. The summed E-state index contributed by atoms with van der Waals surface area (Å²) in [4.78, 5) is 12.3. The van der Waals surface area contributed by atoms with Gasteiger partial charge in [0.25, 0.3) is 5.91 Å². The van der Waals surface area contributed by atoms with Gasteiger partial charge in [-0.3, -0.25) is 4.79 Å². The summed E-state index contributed by atoms with van der Waals surface area (Å²) in [5.74, 6) is -0.395. The Bertz CT molecular complexity index is 903. The van der Waals surface area contributed by atoms with Crippen LogP contribution in [0.1, 0.15) is 29.0 Å². The molecule has 132 valence electrons. The van der Waals surface area contributed by atoms with Crippen LogP contribution in [0.25, 0.3) is 0 Å². The van der Waals surface area contributed by atoms with Crippen LogP contribution in [0.3, 0.4) is 0 Å². The van der Waals surface area contributed by atoms with Crippen LogP contribution < -0.4 is 10.6 Å². The van der Waals surface area contributed by atoms with Crippen LogP contribution in [0.15, 0.2) is 60.7 Å². The van der Waals surface area contributed by atoms with Crippen LogP contribution in [-0.4, -0.2) is 16.1 Å². The van der Waals surface area contributed by atoms with Crippen LogP contribution in [-0.2, 0) is 0 Å². The average molecular weight is 371 g/mol. The van der Waals surface area contributed by atoms with E-state index in [9.17, 15) is 9.18 Å². The molecule has 5 nitrogen and oxygen atoms in total. The zero-order chi connectivity index (χ0) is 18.5. The zero-order valence-corrected chi connectivity index (χ0v) is 14.7. The Kier molecular flexibility index (Phi) is 5.43. The molecule has 1 unspecified atom stereocenters. The Morgan fingerprint density at radius 2 is 1.85 bits per heavy atom. The van der Waals surface area contributed by atoms with Crippen molar-refractivity contribution >= 4 is 29.0 Å². The lowest BCUT2D eigenvalue weighted by Crippen LogP contribution is -2.27. The van der Waals surface area contributed by atoms with Gasteiger partial charge in [0.15, 0.2) is 11.5 Å². The molecule has 0 fully saturated rings. The SMILES string of the molecule is CC(NC(=O)c1ccc(Nc2ccc(F)c(Cl)c2)nn1)c1ccccc1. The van der Waals surface area contributed by atoms with E-state index in [0.717, 1.165) is 5.56 Å². The topological polar surface area (TPSA) is 66.9 Å². The Labute approximate surface area is 155 Å². The molecule has 0 radical (unpaired) electrons. The first-order chi connectivity index (χ1) is 12.5. The summed E-state index contributed by atoms with van der Waals surface area (Å²) in [6.07, 6.45) is 0. The number of nitrogens with zero attached hydrogens (tertiary/aromatic N) is 2. The third kappa shape index (κ3) is 4.34. The minimum atomic E-state index is -0.497. The molecule has 3 rings (SSSR count).